The Hall–Kier alpha value is -3.12. The smallest absolute Gasteiger partial charge is 0.261 e. The van der Waals surface area contributed by atoms with E-state index in [2.05, 4.69) is 4.98 Å². The molecule has 0 aliphatic heterocycles. The Morgan fingerprint density at radius 3 is 2.67 bits per heavy atom. The zero-order chi connectivity index (χ0) is 19.2. The van der Waals surface area contributed by atoms with Gasteiger partial charge in [0.15, 0.2) is 0 Å². The normalized spacial score (nSPS) is 11.2. The van der Waals surface area contributed by atoms with Crippen LogP contribution in [0.3, 0.4) is 0 Å². The minimum absolute atomic E-state index is 0.0636. The van der Waals surface area contributed by atoms with Gasteiger partial charge >= 0.3 is 0 Å². The minimum atomic E-state index is -0.0636. The van der Waals surface area contributed by atoms with Crippen molar-refractivity contribution in [1.29, 1.82) is 0 Å². The van der Waals surface area contributed by atoms with Gasteiger partial charge in [-0.1, -0.05) is 12.1 Å². The van der Waals surface area contributed by atoms with Crippen molar-refractivity contribution in [3.05, 3.63) is 64.2 Å². The number of fused-ring (bicyclic) bond motifs is 1. The molecule has 0 radical (unpaired) electrons. The standard InChI is InChI=1S/C21H23N3O3/c1-26-16-9-10-19(27-2)15(14-16)8-11-20-23-18-7-4-3-6-17(18)21(25)24(20)13-5-12-22/h3-4,6-11,14H,5,12-13,22H2,1-2H3/b11-8+. The van der Waals surface area contributed by atoms with Gasteiger partial charge in [-0.2, -0.15) is 0 Å². The lowest BCUT2D eigenvalue weighted by molar-refractivity contribution is 0.402. The molecule has 3 aromatic rings. The average molecular weight is 365 g/mol. The number of rotatable bonds is 7. The van der Waals surface area contributed by atoms with Crippen molar-refractivity contribution in [2.75, 3.05) is 20.8 Å². The van der Waals surface area contributed by atoms with Gasteiger partial charge < -0.3 is 15.2 Å². The first kappa shape index (κ1) is 18.7. The van der Waals surface area contributed by atoms with Crippen LogP contribution in [0.25, 0.3) is 23.1 Å². The highest BCUT2D eigenvalue weighted by molar-refractivity contribution is 5.79. The van der Waals surface area contributed by atoms with Crippen molar-refractivity contribution in [3.63, 3.8) is 0 Å². The highest BCUT2D eigenvalue weighted by Crippen LogP contribution is 2.25. The predicted molar refractivity (Wildman–Crippen MR) is 108 cm³/mol. The van der Waals surface area contributed by atoms with Crippen molar-refractivity contribution in [2.24, 2.45) is 5.73 Å². The van der Waals surface area contributed by atoms with E-state index in [9.17, 15) is 4.79 Å². The number of ether oxygens (including phenoxy) is 2. The second kappa shape index (κ2) is 8.51. The summed E-state index contributed by atoms with van der Waals surface area (Å²) in [5, 5.41) is 0.602. The topological polar surface area (TPSA) is 79.4 Å². The van der Waals surface area contributed by atoms with E-state index in [0.29, 0.717) is 42.0 Å². The molecule has 2 N–H and O–H groups in total. The highest BCUT2D eigenvalue weighted by atomic mass is 16.5. The summed E-state index contributed by atoms with van der Waals surface area (Å²) in [4.78, 5) is 17.6. The van der Waals surface area contributed by atoms with Crippen LogP contribution in [-0.2, 0) is 6.54 Å². The van der Waals surface area contributed by atoms with Gasteiger partial charge in [-0.25, -0.2) is 4.98 Å². The molecule has 0 aliphatic carbocycles. The van der Waals surface area contributed by atoms with Gasteiger partial charge in [0.25, 0.3) is 5.56 Å². The monoisotopic (exact) mass is 365 g/mol. The van der Waals surface area contributed by atoms with Crippen LogP contribution in [-0.4, -0.2) is 30.3 Å². The molecule has 0 saturated heterocycles. The fraction of sp³-hybridized carbons (Fsp3) is 0.238. The third-order valence-electron chi connectivity index (χ3n) is 4.33. The Morgan fingerprint density at radius 2 is 1.93 bits per heavy atom. The Morgan fingerprint density at radius 1 is 1.11 bits per heavy atom. The largest absolute Gasteiger partial charge is 0.497 e. The number of aromatic nitrogens is 2. The number of nitrogens with zero attached hydrogens (tertiary/aromatic N) is 2. The van der Waals surface area contributed by atoms with Crippen LogP contribution in [0.4, 0.5) is 0 Å². The number of nitrogens with two attached hydrogens (primary N) is 1. The second-order valence-corrected chi connectivity index (χ2v) is 6.03. The molecule has 0 atom stereocenters. The molecule has 1 heterocycles. The van der Waals surface area contributed by atoms with E-state index in [1.807, 2.05) is 48.6 Å². The predicted octanol–water partition coefficient (Wildman–Crippen LogP) is 2.93. The summed E-state index contributed by atoms with van der Waals surface area (Å²) in [5.74, 6) is 2.02. The van der Waals surface area contributed by atoms with Gasteiger partial charge in [-0.05, 0) is 55.4 Å². The van der Waals surface area contributed by atoms with E-state index in [-0.39, 0.29) is 5.56 Å². The zero-order valence-corrected chi connectivity index (χ0v) is 15.5. The molecule has 6 heteroatoms. The summed E-state index contributed by atoms with van der Waals surface area (Å²) in [5.41, 5.74) is 7.08. The third-order valence-corrected chi connectivity index (χ3v) is 4.33. The molecule has 27 heavy (non-hydrogen) atoms. The van der Waals surface area contributed by atoms with Crippen LogP contribution < -0.4 is 20.8 Å². The molecule has 0 amide bonds. The van der Waals surface area contributed by atoms with Crippen LogP contribution in [0, 0.1) is 0 Å². The van der Waals surface area contributed by atoms with Crippen LogP contribution in [0.1, 0.15) is 17.8 Å². The van der Waals surface area contributed by atoms with Gasteiger partial charge in [0.05, 0.1) is 25.1 Å². The molecule has 0 bridgehead atoms. The highest BCUT2D eigenvalue weighted by Gasteiger charge is 2.09. The van der Waals surface area contributed by atoms with E-state index in [4.69, 9.17) is 15.2 Å². The molecule has 0 saturated carbocycles. The van der Waals surface area contributed by atoms with E-state index in [0.717, 1.165) is 11.3 Å². The molecule has 0 unspecified atom stereocenters. The molecule has 0 aliphatic rings. The van der Waals surface area contributed by atoms with Gasteiger partial charge in [-0.3, -0.25) is 9.36 Å². The Balaban J connectivity index is 2.10. The van der Waals surface area contributed by atoms with Crippen LogP contribution >= 0.6 is 0 Å². The maximum absolute atomic E-state index is 12.9. The quantitative estimate of drug-likeness (QED) is 0.696. The molecule has 3 rings (SSSR count). The second-order valence-electron chi connectivity index (χ2n) is 6.03. The van der Waals surface area contributed by atoms with Gasteiger partial charge in [0, 0.05) is 12.1 Å². The Labute approximate surface area is 157 Å². The number of para-hydroxylation sites is 1. The lowest BCUT2D eigenvalue weighted by Crippen LogP contribution is -2.25. The molecule has 0 spiro atoms. The number of hydrogen-bond acceptors (Lipinski definition) is 5. The Kier molecular flexibility index (Phi) is 5.88. The molecule has 140 valence electrons. The fourth-order valence-electron chi connectivity index (χ4n) is 2.91. The van der Waals surface area contributed by atoms with E-state index < -0.39 is 0 Å². The van der Waals surface area contributed by atoms with Crippen molar-refractivity contribution in [2.45, 2.75) is 13.0 Å². The van der Waals surface area contributed by atoms with Crippen LogP contribution in [0.2, 0.25) is 0 Å². The maximum Gasteiger partial charge on any atom is 0.261 e. The van der Waals surface area contributed by atoms with Crippen LogP contribution in [0.15, 0.2) is 47.3 Å². The lowest BCUT2D eigenvalue weighted by Gasteiger charge is -2.11. The Bertz CT molecular complexity index is 1020. The SMILES string of the molecule is COc1ccc(OC)c(/C=C/c2nc3ccccc3c(=O)n2CCCN)c1. The van der Waals surface area contributed by atoms with Crippen molar-refractivity contribution in [1.82, 2.24) is 9.55 Å². The maximum atomic E-state index is 12.9. The molecule has 1 aromatic heterocycles. The first-order valence-electron chi connectivity index (χ1n) is 8.77. The molecule has 2 aromatic carbocycles. The minimum Gasteiger partial charge on any atom is -0.497 e. The molecule has 6 nitrogen and oxygen atoms in total. The summed E-state index contributed by atoms with van der Waals surface area (Å²) >= 11 is 0. The number of methoxy groups -OCH3 is 2. The van der Waals surface area contributed by atoms with Crippen molar-refractivity contribution >= 4 is 23.1 Å². The van der Waals surface area contributed by atoms with E-state index in [1.165, 1.54) is 0 Å². The summed E-state index contributed by atoms with van der Waals surface area (Å²) in [6, 6.07) is 12.9. The zero-order valence-electron chi connectivity index (χ0n) is 15.5. The third kappa shape index (κ3) is 4.01. The first-order chi connectivity index (χ1) is 13.2. The van der Waals surface area contributed by atoms with E-state index >= 15 is 0 Å². The number of benzene rings is 2. The van der Waals surface area contributed by atoms with Crippen molar-refractivity contribution in [3.8, 4) is 11.5 Å². The van der Waals surface area contributed by atoms with Gasteiger partial charge in [0.2, 0.25) is 0 Å². The average Bonchev–Trinajstić information content (AvgIpc) is 2.71. The molecular formula is C21H23N3O3. The summed E-state index contributed by atoms with van der Waals surface area (Å²) in [6.07, 6.45) is 4.39. The summed E-state index contributed by atoms with van der Waals surface area (Å²) in [7, 11) is 3.23. The summed E-state index contributed by atoms with van der Waals surface area (Å²) in [6.45, 7) is 1.02. The van der Waals surface area contributed by atoms with E-state index in [1.54, 1.807) is 24.9 Å². The molecule has 0 fully saturated rings. The first-order valence-corrected chi connectivity index (χ1v) is 8.77. The molecular weight excluding hydrogens is 342 g/mol. The fourth-order valence-corrected chi connectivity index (χ4v) is 2.91. The number of hydrogen-bond donors (Lipinski definition) is 1. The summed E-state index contributed by atoms with van der Waals surface area (Å²) < 4.78 is 12.4. The lowest BCUT2D eigenvalue weighted by atomic mass is 10.1. The van der Waals surface area contributed by atoms with Crippen LogP contribution in [0.5, 0.6) is 11.5 Å². The van der Waals surface area contributed by atoms with Gasteiger partial charge in [0.1, 0.15) is 17.3 Å². The van der Waals surface area contributed by atoms with Gasteiger partial charge in [-0.15, -0.1) is 0 Å². The van der Waals surface area contributed by atoms with Crippen molar-refractivity contribution < 1.29 is 9.47 Å².